The molecule has 7 heteroatoms. The third-order valence-electron chi connectivity index (χ3n) is 3.21. The Bertz CT molecular complexity index is 464. The Hall–Kier alpha value is -1.54. The van der Waals surface area contributed by atoms with Crippen LogP contribution in [0.15, 0.2) is 24.3 Å². The summed E-state index contributed by atoms with van der Waals surface area (Å²) in [4.78, 5) is 10.9. The van der Waals surface area contributed by atoms with Gasteiger partial charge < -0.3 is 25.4 Å². The van der Waals surface area contributed by atoms with Gasteiger partial charge in [-0.05, 0) is 16.9 Å². The number of hydrogen-bond acceptors (Lipinski definition) is 6. The van der Waals surface area contributed by atoms with Crippen molar-refractivity contribution in [2.75, 3.05) is 19.0 Å². The van der Waals surface area contributed by atoms with Crippen molar-refractivity contribution in [1.82, 2.24) is 0 Å². The predicted octanol–water partition coefficient (Wildman–Crippen LogP) is -0.554. The van der Waals surface area contributed by atoms with Crippen LogP contribution in [0.2, 0.25) is 0 Å². The normalized spacial score (nSPS) is 29.4. The number of aliphatic hydroxyl groups excluding tert-OH is 3. The summed E-state index contributed by atoms with van der Waals surface area (Å²) in [5, 5.41) is 31.4. The third kappa shape index (κ3) is 3.31. The second kappa shape index (κ2) is 6.27. The third-order valence-corrected chi connectivity index (χ3v) is 3.21. The number of nitrogens with zero attached hydrogens (tertiary/aromatic N) is 1. The fourth-order valence-electron chi connectivity index (χ4n) is 2.15. The van der Waals surface area contributed by atoms with Crippen molar-refractivity contribution < 1.29 is 24.8 Å². The molecule has 1 heterocycles. The highest BCUT2D eigenvalue weighted by Gasteiger charge is 2.42. The Kier molecular flexibility index (Phi) is 4.66. The van der Waals surface area contributed by atoms with Crippen molar-refractivity contribution in [3.8, 4) is 0 Å². The second-order valence-electron chi connectivity index (χ2n) is 4.89. The zero-order valence-electron chi connectivity index (χ0n) is 11.1. The van der Waals surface area contributed by atoms with Gasteiger partial charge in [0.15, 0.2) is 13.3 Å². The smallest absolute Gasteiger partial charge is 0.216 e. The topological polar surface area (TPSA) is 102 Å². The average Bonchev–Trinajstić information content (AvgIpc) is 2.68. The first-order valence-electron chi connectivity index (χ1n) is 6.37. The number of hydrogen-bond donors (Lipinski definition) is 4. The fourth-order valence-corrected chi connectivity index (χ4v) is 2.15. The summed E-state index contributed by atoms with van der Waals surface area (Å²) in [5.74, 6) is 0. The van der Waals surface area contributed by atoms with Crippen LogP contribution in [-0.4, -0.2) is 58.3 Å². The van der Waals surface area contributed by atoms with E-state index in [0.29, 0.717) is 12.2 Å². The van der Waals surface area contributed by atoms with Gasteiger partial charge in [-0.2, -0.15) is 0 Å². The zero-order chi connectivity index (χ0) is 14.7. The quantitative estimate of drug-likeness (QED) is 0.541. The molecule has 0 spiro atoms. The van der Waals surface area contributed by atoms with Gasteiger partial charge in [0.05, 0.1) is 6.61 Å². The maximum absolute atomic E-state index is 10.9. The summed E-state index contributed by atoms with van der Waals surface area (Å²) in [6, 6.07) is 7.09. The van der Waals surface area contributed by atoms with E-state index in [2.05, 4.69) is 5.32 Å². The number of aliphatic hydroxyl groups is 3. The number of nitrogens with one attached hydrogen (secondary N) is 1. The van der Waals surface area contributed by atoms with E-state index in [1.54, 1.807) is 24.3 Å². The first kappa shape index (κ1) is 14.9. The van der Waals surface area contributed by atoms with Crippen molar-refractivity contribution >= 4 is 5.69 Å². The standard InChI is InChI=1S/C13H19N2O5/c1-15(19)6-8-2-4-9(5-3-8)14-13-12(18)11(17)10(7-16)20-13/h2-5,10-14,16-18H,6-7H2,1H3/q+1. The minimum Gasteiger partial charge on any atom is -0.394 e. The molecular weight excluding hydrogens is 264 g/mol. The highest BCUT2D eigenvalue weighted by molar-refractivity contribution is 5.45. The van der Waals surface area contributed by atoms with Crippen LogP contribution >= 0.6 is 0 Å². The van der Waals surface area contributed by atoms with Gasteiger partial charge in [-0.3, -0.25) is 0 Å². The number of nitroso groups, excluding NO2 is 1. The van der Waals surface area contributed by atoms with Gasteiger partial charge in [-0.25, -0.2) is 0 Å². The maximum atomic E-state index is 10.9. The molecule has 0 radical (unpaired) electrons. The number of rotatable bonds is 5. The molecule has 4 atom stereocenters. The van der Waals surface area contributed by atoms with Gasteiger partial charge in [0.1, 0.15) is 18.3 Å². The second-order valence-corrected chi connectivity index (χ2v) is 4.89. The van der Waals surface area contributed by atoms with Crippen LogP contribution in [0.4, 0.5) is 5.69 Å². The molecule has 0 bridgehead atoms. The molecule has 2 rings (SSSR count). The molecule has 20 heavy (non-hydrogen) atoms. The Labute approximate surface area is 116 Å². The summed E-state index contributed by atoms with van der Waals surface area (Å²) in [7, 11) is 1.45. The SMILES string of the molecule is C[N+](=O)Cc1ccc(NC2OC(CO)C(O)C2O)cc1. The molecule has 1 fully saturated rings. The Morgan fingerprint density at radius 1 is 1.25 bits per heavy atom. The number of anilines is 1. The van der Waals surface area contributed by atoms with Gasteiger partial charge in [0.25, 0.3) is 0 Å². The highest BCUT2D eigenvalue weighted by Crippen LogP contribution is 2.23. The van der Waals surface area contributed by atoms with Crippen molar-refractivity contribution in [1.29, 1.82) is 0 Å². The van der Waals surface area contributed by atoms with Crippen LogP contribution in [-0.2, 0) is 11.3 Å². The molecule has 1 aliphatic heterocycles. The Morgan fingerprint density at radius 3 is 2.40 bits per heavy atom. The average molecular weight is 283 g/mol. The van der Waals surface area contributed by atoms with Crippen LogP contribution in [0, 0.1) is 4.91 Å². The Balaban J connectivity index is 1.98. The summed E-state index contributed by atoms with van der Waals surface area (Å²) in [5.41, 5.74) is 1.56. The molecule has 0 amide bonds. The lowest BCUT2D eigenvalue weighted by molar-refractivity contribution is -0.535. The maximum Gasteiger partial charge on any atom is 0.216 e. The first-order valence-corrected chi connectivity index (χ1v) is 6.37. The van der Waals surface area contributed by atoms with Crippen molar-refractivity contribution in [3.63, 3.8) is 0 Å². The van der Waals surface area contributed by atoms with E-state index in [0.717, 1.165) is 10.3 Å². The van der Waals surface area contributed by atoms with Gasteiger partial charge in [-0.15, -0.1) is 0 Å². The lowest BCUT2D eigenvalue weighted by Gasteiger charge is -2.17. The molecule has 0 aliphatic carbocycles. The zero-order valence-corrected chi connectivity index (χ0v) is 11.1. The molecule has 110 valence electrons. The van der Waals surface area contributed by atoms with Crippen LogP contribution in [0.25, 0.3) is 0 Å². The van der Waals surface area contributed by atoms with E-state index < -0.39 is 24.5 Å². The summed E-state index contributed by atoms with van der Waals surface area (Å²) in [6.45, 7) is -0.0562. The van der Waals surface area contributed by atoms with Crippen molar-refractivity contribution in [2.24, 2.45) is 0 Å². The molecule has 1 aromatic carbocycles. The van der Waals surface area contributed by atoms with Gasteiger partial charge in [0, 0.05) is 16.2 Å². The molecule has 0 aromatic heterocycles. The highest BCUT2D eigenvalue weighted by atomic mass is 16.6. The number of ether oxygens (including phenoxy) is 1. The fraction of sp³-hybridized carbons (Fsp3) is 0.538. The number of benzene rings is 1. The minimum atomic E-state index is -1.12. The lowest BCUT2D eigenvalue weighted by Crippen LogP contribution is -2.36. The lowest BCUT2D eigenvalue weighted by atomic mass is 10.1. The molecule has 1 aliphatic rings. The minimum absolute atomic E-state index is 0.300. The summed E-state index contributed by atoms with van der Waals surface area (Å²) in [6.07, 6.45) is -3.81. The molecule has 4 unspecified atom stereocenters. The molecular formula is C13H19N2O5+. The van der Waals surface area contributed by atoms with Gasteiger partial charge in [-0.1, -0.05) is 12.1 Å². The van der Waals surface area contributed by atoms with E-state index >= 15 is 0 Å². The van der Waals surface area contributed by atoms with Gasteiger partial charge >= 0.3 is 0 Å². The van der Waals surface area contributed by atoms with E-state index in [9.17, 15) is 15.1 Å². The van der Waals surface area contributed by atoms with E-state index in [1.165, 1.54) is 7.05 Å². The summed E-state index contributed by atoms with van der Waals surface area (Å²) >= 11 is 0. The first-order chi connectivity index (χ1) is 9.51. The molecule has 7 nitrogen and oxygen atoms in total. The van der Waals surface area contributed by atoms with E-state index in [1.807, 2.05) is 0 Å². The molecule has 1 saturated heterocycles. The van der Waals surface area contributed by atoms with Crippen molar-refractivity contribution in [3.05, 3.63) is 34.7 Å². The Morgan fingerprint density at radius 2 is 1.90 bits per heavy atom. The molecule has 0 saturated carbocycles. The largest absolute Gasteiger partial charge is 0.394 e. The monoisotopic (exact) mass is 283 g/mol. The predicted molar refractivity (Wildman–Crippen MR) is 71.1 cm³/mol. The van der Waals surface area contributed by atoms with Crippen LogP contribution in [0.1, 0.15) is 5.56 Å². The molecule has 4 N–H and O–H groups in total. The summed E-state index contributed by atoms with van der Waals surface area (Å²) < 4.78 is 6.14. The van der Waals surface area contributed by atoms with Crippen LogP contribution < -0.4 is 5.32 Å². The molecule has 1 aromatic rings. The van der Waals surface area contributed by atoms with Crippen LogP contribution in [0.3, 0.4) is 0 Å². The van der Waals surface area contributed by atoms with Gasteiger partial charge in [0.2, 0.25) is 6.54 Å². The van der Waals surface area contributed by atoms with Crippen molar-refractivity contribution in [2.45, 2.75) is 31.1 Å². The van der Waals surface area contributed by atoms with Crippen LogP contribution in [0.5, 0.6) is 0 Å². The van der Waals surface area contributed by atoms with E-state index in [-0.39, 0.29) is 6.61 Å². The van der Waals surface area contributed by atoms with E-state index in [4.69, 9.17) is 9.84 Å².